The molecule has 1 aromatic heterocycles. The van der Waals surface area contributed by atoms with Crippen LogP contribution in [0.2, 0.25) is 0 Å². The predicted octanol–water partition coefficient (Wildman–Crippen LogP) is 3.62. The highest BCUT2D eigenvalue weighted by Gasteiger charge is 2.52. The number of nitrogens with zero attached hydrogens (tertiary/aromatic N) is 1. The second kappa shape index (κ2) is 6.95. The van der Waals surface area contributed by atoms with Gasteiger partial charge in [0.05, 0.1) is 12.8 Å². The first-order valence-electron chi connectivity index (χ1n) is 10.0. The monoisotopic (exact) mass is 370 g/mol. The lowest BCUT2D eigenvalue weighted by molar-refractivity contribution is -0.175. The van der Waals surface area contributed by atoms with Crippen LogP contribution in [0.1, 0.15) is 43.9 Å². The Morgan fingerprint density at radius 2 is 2.07 bits per heavy atom. The highest BCUT2D eigenvalue weighted by Crippen LogP contribution is 2.48. The van der Waals surface area contributed by atoms with Gasteiger partial charge in [-0.3, -0.25) is 0 Å². The van der Waals surface area contributed by atoms with Crippen molar-refractivity contribution in [1.29, 1.82) is 0 Å². The first-order valence-corrected chi connectivity index (χ1v) is 10.0. The van der Waals surface area contributed by atoms with Crippen LogP contribution in [-0.4, -0.2) is 49.7 Å². The van der Waals surface area contributed by atoms with Crippen molar-refractivity contribution >= 4 is 16.9 Å². The SMILES string of the molecule is CCC12CCCN(CCc3c([nH]c4ccccc34)C(OC)(C(=O)OC)C1)C2. The largest absolute Gasteiger partial charge is 0.467 e. The predicted molar refractivity (Wildman–Crippen MR) is 106 cm³/mol. The van der Waals surface area contributed by atoms with Gasteiger partial charge in [-0.05, 0) is 55.7 Å². The number of fused-ring (bicyclic) bond motifs is 5. The molecule has 4 rings (SSSR count). The number of carbonyl (C=O) groups is 1. The minimum atomic E-state index is -1.09. The molecule has 0 saturated carbocycles. The van der Waals surface area contributed by atoms with E-state index < -0.39 is 5.60 Å². The smallest absolute Gasteiger partial charge is 0.344 e. The lowest BCUT2D eigenvalue weighted by Gasteiger charge is -2.45. The Labute approximate surface area is 161 Å². The average molecular weight is 370 g/mol. The summed E-state index contributed by atoms with van der Waals surface area (Å²) < 4.78 is 11.4. The van der Waals surface area contributed by atoms with E-state index in [0.29, 0.717) is 6.42 Å². The standard InChI is InChI=1S/C22H30N2O3/c1-4-21-11-7-12-24(15-21)13-10-17-16-8-5-6-9-18(16)23-19(17)22(14-21,27-3)20(25)26-2/h5-6,8-9,23H,4,7,10-15H2,1-3H3. The highest BCUT2D eigenvalue weighted by molar-refractivity contribution is 5.89. The summed E-state index contributed by atoms with van der Waals surface area (Å²) in [5.41, 5.74) is 2.10. The summed E-state index contributed by atoms with van der Waals surface area (Å²) in [4.78, 5) is 19.3. The van der Waals surface area contributed by atoms with Crippen LogP contribution in [0.15, 0.2) is 24.3 Å². The summed E-state index contributed by atoms with van der Waals surface area (Å²) in [5, 5.41) is 1.18. The van der Waals surface area contributed by atoms with Crippen LogP contribution < -0.4 is 0 Å². The fourth-order valence-electron chi connectivity index (χ4n) is 5.35. The molecule has 146 valence electrons. The van der Waals surface area contributed by atoms with Gasteiger partial charge < -0.3 is 19.4 Å². The van der Waals surface area contributed by atoms with E-state index in [1.807, 2.05) is 6.07 Å². The molecule has 1 aromatic carbocycles. The van der Waals surface area contributed by atoms with Crippen LogP contribution in [0.4, 0.5) is 0 Å². The zero-order valence-corrected chi connectivity index (χ0v) is 16.6. The van der Waals surface area contributed by atoms with Crippen molar-refractivity contribution in [3.8, 4) is 0 Å². The number of aromatic nitrogens is 1. The third-order valence-corrected chi connectivity index (χ3v) is 6.87. The molecule has 27 heavy (non-hydrogen) atoms. The molecule has 5 heteroatoms. The van der Waals surface area contributed by atoms with Gasteiger partial charge in [-0.15, -0.1) is 0 Å². The van der Waals surface area contributed by atoms with E-state index in [1.165, 1.54) is 24.5 Å². The molecule has 0 amide bonds. The van der Waals surface area contributed by atoms with E-state index in [4.69, 9.17) is 9.47 Å². The normalized spacial score (nSPS) is 30.9. The summed E-state index contributed by atoms with van der Waals surface area (Å²) in [6.07, 6.45) is 4.87. The fraction of sp³-hybridized carbons (Fsp3) is 0.591. The maximum atomic E-state index is 13.2. The molecule has 2 aromatic rings. The zero-order valence-electron chi connectivity index (χ0n) is 16.6. The second-order valence-electron chi connectivity index (χ2n) is 8.21. The van der Waals surface area contributed by atoms with Crippen LogP contribution >= 0.6 is 0 Å². The third-order valence-electron chi connectivity index (χ3n) is 6.87. The number of H-pyrrole nitrogens is 1. The number of carbonyl (C=O) groups excluding carboxylic acids is 1. The van der Waals surface area contributed by atoms with Crippen molar-refractivity contribution in [2.45, 2.75) is 44.6 Å². The molecule has 1 fully saturated rings. The van der Waals surface area contributed by atoms with Crippen molar-refractivity contribution in [3.63, 3.8) is 0 Å². The Balaban J connectivity index is 1.97. The van der Waals surface area contributed by atoms with Gasteiger partial charge in [-0.25, -0.2) is 4.79 Å². The molecule has 1 saturated heterocycles. The molecule has 0 aliphatic carbocycles. The van der Waals surface area contributed by atoms with Crippen molar-refractivity contribution in [2.24, 2.45) is 5.41 Å². The summed E-state index contributed by atoms with van der Waals surface area (Å²) in [5.74, 6) is -0.301. The average Bonchev–Trinajstić information content (AvgIpc) is 3.09. The lowest BCUT2D eigenvalue weighted by atomic mass is 9.69. The number of esters is 1. The number of rotatable bonds is 3. The van der Waals surface area contributed by atoms with E-state index in [1.54, 1.807) is 7.11 Å². The molecule has 0 spiro atoms. The number of hydrogen-bond acceptors (Lipinski definition) is 4. The van der Waals surface area contributed by atoms with E-state index in [9.17, 15) is 4.79 Å². The molecule has 2 bridgehead atoms. The van der Waals surface area contributed by atoms with Crippen LogP contribution in [0.25, 0.3) is 10.9 Å². The van der Waals surface area contributed by atoms with Crippen LogP contribution in [0.5, 0.6) is 0 Å². The van der Waals surface area contributed by atoms with Gasteiger partial charge in [0.2, 0.25) is 5.60 Å². The Morgan fingerprint density at radius 1 is 1.26 bits per heavy atom. The van der Waals surface area contributed by atoms with Gasteiger partial charge in [0.25, 0.3) is 0 Å². The third kappa shape index (κ3) is 2.88. The minimum Gasteiger partial charge on any atom is -0.467 e. The number of ether oxygens (including phenoxy) is 2. The molecule has 3 unspecified atom stereocenters. The van der Waals surface area contributed by atoms with Crippen molar-refractivity contribution in [3.05, 3.63) is 35.5 Å². The zero-order chi connectivity index (χ0) is 19.1. The molecular weight excluding hydrogens is 340 g/mol. The van der Waals surface area contributed by atoms with Gasteiger partial charge in [-0.2, -0.15) is 0 Å². The molecule has 2 aliphatic rings. The van der Waals surface area contributed by atoms with Crippen LogP contribution in [0.3, 0.4) is 0 Å². The van der Waals surface area contributed by atoms with Gasteiger partial charge in [0.15, 0.2) is 0 Å². The Bertz CT molecular complexity index is 845. The minimum absolute atomic E-state index is 0.0569. The van der Waals surface area contributed by atoms with E-state index >= 15 is 0 Å². The number of hydrogen-bond donors (Lipinski definition) is 1. The van der Waals surface area contributed by atoms with Crippen molar-refractivity contribution < 1.29 is 14.3 Å². The first-order chi connectivity index (χ1) is 13.1. The summed E-state index contributed by atoms with van der Waals surface area (Å²) in [6, 6.07) is 8.29. The molecule has 2 aliphatic heterocycles. The molecule has 5 nitrogen and oxygen atoms in total. The maximum Gasteiger partial charge on any atom is 0.344 e. The first kappa shape index (κ1) is 18.5. The summed E-state index contributed by atoms with van der Waals surface area (Å²) in [7, 11) is 3.11. The second-order valence-corrected chi connectivity index (χ2v) is 8.21. The maximum absolute atomic E-state index is 13.2. The van der Waals surface area contributed by atoms with Gasteiger partial charge >= 0.3 is 5.97 Å². The van der Waals surface area contributed by atoms with E-state index in [2.05, 4.69) is 35.0 Å². The summed E-state index contributed by atoms with van der Waals surface area (Å²) >= 11 is 0. The van der Waals surface area contributed by atoms with Gasteiger partial charge in [-0.1, -0.05) is 25.1 Å². The van der Waals surface area contributed by atoms with E-state index in [0.717, 1.165) is 50.1 Å². The lowest BCUT2D eigenvalue weighted by Crippen LogP contribution is -2.49. The number of aromatic amines is 1. The highest BCUT2D eigenvalue weighted by atomic mass is 16.6. The van der Waals surface area contributed by atoms with Gasteiger partial charge in [0, 0.05) is 31.1 Å². The number of para-hydroxylation sites is 1. The quantitative estimate of drug-likeness (QED) is 0.839. The Hall–Kier alpha value is -1.85. The number of methoxy groups -OCH3 is 2. The molecule has 0 radical (unpaired) electrons. The topological polar surface area (TPSA) is 54.6 Å². The van der Waals surface area contributed by atoms with E-state index in [-0.39, 0.29) is 11.4 Å². The molecule has 3 heterocycles. The fourth-order valence-corrected chi connectivity index (χ4v) is 5.35. The molecular formula is C22H30N2O3. The number of piperidine rings is 1. The Morgan fingerprint density at radius 3 is 2.81 bits per heavy atom. The molecule has 3 atom stereocenters. The van der Waals surface area contributed by atoms with Crippen molar-refractivity contribution in [1.82, 2.24) is 9.88 Å². The van der Waals surface area contributed by atoms with Crippen LogP contribution in [0, 0.1) is 5.41 Å². The van der Waals surface area contributed by atoms with Gasteiger partial charge in [0.1, 0.15) is 0 Å². The van der Waals surface area contributed by atoms with Crippen molar-refractivity contribution in [2.75, 3.05) is 33.9 Å². The molecule has 1 N–H and O–H groups in total. The van der Waals surface area contributed by atoms with Crippen LogP contribution in [-0.2, 0) is 26.3 Å². The number of benzene rings is 1. The summed E-state index contributed by atoms with van der Waals surface area (Å²) in [6.45, 7) is 5.41. The number of nitrogens with one attached hydrogen (secondary N) is 1. The Kier molecular flexibility index (Phi) is 4.77.